The van der Waals surface area contributed by atoms with Crippen LogP contribution in [-0.4, -0.2) is 39.0 Å². The van der Waals surface area contributed by atoms with E-state index in [-0.39, 0.29) is 0 Å². The number of H-pyrrole nitrogens is 1. The molecule has 0 aliphatic carbocycles. The molecule has 1 aromatic carbocycles. The van der Waals surface area contributed by atoms with Crippen LogP contribution in [-0.2, 0) is 6.54 Å². The van der Waals surface area contributed by atoms with Crippen LogP contribution < -0.4 is 5.32 Å². The lowest BCUT2D eigenvalue weighted by Crippen LogP contribution is -2.41. The van der Waals surface area contributed by atoms with Crippen molar-refractivity contribution in [3.8, 4) is 0 Å². The van der Waals surface area contributed by atoms with E-state index < -0.39 is 0 Å². The van der Waals surface area contributed by atoms with Gasteiger partial charge in [0, 0.05) is 48.6 Å². The summed E-state index contributed by atoms with van der Waals surface area (Å²) in [6.45, 7) is 3.16. The van der Waals surface area contributed by atoms with Crippen molar-refractivity contribution in [2.24, 2.45) is 0 Å². The van der Waals surface area contributed by atoms with Gasteiger partial charge in [-0.1, -0.05) is 18.2 Å². The fourth-order valence-electron chi connectivity index (χ4n) is 3.38. The molecule has 0 spiro atoms. The van der Waals surface area contributed by atoms with Crippen LogP contribution in [0.1, 0.15) is 18.4 Å². The molecule has 2 aromatic heterocycles. The Labute approximate surface area is 135 Å². The molecule has 3 heterocycles. The molecule has 23 heavy (non-hydrogen) atoms. The molecule has 0 amide bonds. The first kappa shape index (κ1) is 14.2. The SMILES string of the molecule is c1cnc(NC2CCCN(Cc3c[nH]c4ccccc34)C2)nc1. The van der Waals surface area contributed by atoms with Gasteiger partial charge in [-0.15, -0.1) is 0 Å². The van der Waals surface area contributed by atoms with Crippen LogP contribution in [0.15, 0.2) is 48.9 Å². The summed E-state index contributed by atoms with van der Waals surface area (Å²) in [5.41, 5.74) is 2.59. The number of aromatic amines is 1. The van der Waals surface area contributed by atoms with Crippen LogP contribution in [0.2, 0.25) is 0 Å². The van der Waals surface area contributed by atoms with E-state index in [0.717, 1.165) is 25.6 Å². The summed E-state index contributed by atoms with van der Waals surface area (Å²) in [6.07, 6.45) is 8.07. The third-order valence-corrected chi connectivity index (χ3v) is 4.47. The summed E-state index contributed by atoms with van der Waals surface area (Å²) in [5.74, 6) is 0.728. The number of piperidine rings is 1. The van der Waals surface area contributed by atoms with E-state index in [4.69, 9.17) is 0 Å². The standard InChI is InChI=1S/C18H21N5/c1-2-7-17-16(6-1)14(11-21-17)12-23-10-3-5-15(13-23)22-18-19-8-4-9-20-18/h1-2,4,6-9,11,15,21H,3,5,10,12-13H2,(H,19,20,22). The maximum Gasteiger partial charge on any atom is 0.222 e. The zero-order chi connectivity index (χ0) is 15.5. The molecular weight excluding hydrogens is 286 g/mol. The van der Waals surface area contributed by atoms with E-state index >= 15 is 0 Å². The average molecular weight is 307 g/mol. The third kappa shape index (κ3) is 3.19. The highest BCUT2D eigenvalue weighted by atomic mass is 15.2. The Morgan fingerprint density at radius 3 is 2.96 bits per heavy atom. The van der Waals surface area contributed by atoms with Gasteiger partial charge in [-0.05, 0) is 37.1 Å². The summed E-state index contributed by atoms with van der Waals surface area (Å²) in [4.78, 5) is 14.4. The predicted octanol–water partition coefficient (Wildman–Crippen LogP) is 3.03. The molecule has 0 saturated carbocycles. The zero-order valence-corrected chi connectivity index (χ0v) is 13.1. The number of rotatable bonds is 4. The Morgan fingerprint density at radius 2 is 2.04 bits per heavy atom. The Balaban J connectivity index is 1.43. The molecule has 4 rings (SSSR count). The highest BCUT2D eigenvalue weighted by molar-refractivity contribution is 5.82. The smallest absolute Gasteiger partial charge is 0.222 e. The van der Waals surface area contributed by atoms with Crippen LogP contribution >= 0.6 is 0 Å². The quantitative estimate of drug-likeness (QED) is 0.778. The lowest BCUT2D eigenvalue weighted by Gasteiger charge is -2.33. The van der Waals surface area contributed by atoms with Gasteiger partial charge in [0.05, 0.1) is 0 Å². The zero-order valence-electron chi connectivity index (χ0n) is 13.1. The van der Waals surface area contributed by atoms with E-state index in [1.54, 1.807) is 12.4 Å². The summed E-state index contributed by atoms with van der Waals surface area (Å²) >= 11 is 0. The van der Waals surface area contributed by atoms with Crippen LogP contribution in [0.3, 0.4) is 0 Å². The molecule has 1 aliphatic heterocycles. The van der Waals surface area contributed by atoms with Crippen LogP contribution in [0, 0.1) is 0 Å². The van der Waals surface area contributed by atoms with Crippen molar-refractivity contribution in [2.45, 2.75) is 25.4 Å². The lowest BCUT2D eigenvalue weighted by molar-refractivity contribution is 0.209. The second kappa shape index (κ2) is 6.38. The van der Waals surface area contributed by atoms with Gasteiger partial charge >= 0.3 is 0 Å². The molecule has 0 bridgehead atoms. The largest absolute Gasteiger partial charge is 0.361 e. The normalized spacial score (nSPS) is 19.0. The van der Waals surface area contributed by atoms with E-state index in [2.05, 4.69) is 55.6 Å². The molecule has 2 N–H and O–H groups in total. The molecular formula is C18H21N5. The highest BCUT2D eigenvalue weighted by Gasteiger charge is 2.21. The number of likely N-dealkylation sites (tertiary alicyclic amines) is 1. The summed E-state index contributed by atoms with van der Waals surface area (Å²) in [6, 6.07) is 10.8. The lowest BCUT2D eigenvalue weighted by atomic mass is 10.0. The molecule has 118 valence electrons. The molecule has 1 saturated heterocycles. The van der Waals surface area contributed by atoms with Gasteiger partial charge < -0.3 is 10.3 Å². The van der Waals surface area contributed by atoms with E-state index in [0.29, 0.717) is 6.04 Å². The van der Waals surface area contributed by atoms with Crippen LogP contribution in [0.5, 0.6) is 0 Å². The first-order valence-corrected chi connectivity index (χ1v) is 8.19. The molecule has 3 aromatic rings. The summed E-state index contributed by atoms with van der Waals surface area (Å²) < 4.78 is 0. The van der Waals surface area contributed by atoms with Gasteiger partial charge in [-0.3, -0.25) is 4.90 Å². The average Bonchev–Trinajstić information content (AvgIpc) is 2.99. The fourth-order valence-corrected chi connectivity index (χ4v) is 3.38. The van der Waals surface area contributed by atoms with Crippen molar-refractivity contribution in [3.63, 3.8) is 0 Å². The van der Waals surface area contributed by atoms with Crippen molar-refractivity contribution in [1.29, 1.82) is 0 Å². The van der Waals surface area contributed by atoms with Gasteiger partial charge in [-0.25, -0.2) is 9.97 Å². The summed E-state index contributed by atoms with van der Waals surface area (Å²) in [7, 11) is 0. The van der Waals surface area contributed by atoms with Crippen molar-refractivity contribution in [3.05, 3.63) is 54.5 Å². The molecule has 5 heteroatoms. The van der Waals surface area contributed by atoms with Crippen molar-refractivity contribution in [1.82, 2.24) is 19.9 Å². The Bertz CT molecular complexity index is 767. The van der Waals surface area contributed by atoms with Gasteiger partial charge in [0.15, 0.2) is 0 Å². The maximum atomic E-state index is 4.27. The number of hydrogen-bond acceptors (Lipinski definition) is 4. The molecule has 1 fully saturated rings. The number of fused-ring (bicyclic) bond motifs is 1. The van der Waals surface area contributed by atoms with Crippen molar-refractivity contribution >= 4 is 16.9 Å². The number of nitrogens with zero attached hydrogens (tertiary/aromatic N) is 3. The molecule has 1 atom stereocenters. The van der Waals surface area contributed by atoms with Gasteiger partial charge in [-0.2, -0.15) is 0 Å². The Morgan fingerprint density at radius 1 is 1.17 bits per heavy atom. The molecule has 1 unspecified atom stereocenters. The monoisotopic (exact) mass is 307 g/mol. The summed E-state index contributed by atoms with van der Waals surface area (Å²) in [5, 5.41) is 4.78. The van der Waals surface area contributed by atoms with Crippen LogP contribution in [0.25, 0.3) is 10.9 Å². The minimum atomic E-state index is 0.413. The van der Waals surface area contributed by atoms with E-state index in [1.165, 1.54) is 29.3 Å². The topological polar surface area (TPSA) is 56.8 Å². The van der Waals surface area contributed by atoms with Gasteiger partial charge in [0.2, 0.25) is 5.95 Å². The van der Waals surface area contributed by atoms with Gasteiger partial charge in [0.1, 0.15) is 0 Å². The predicted molar refractivity (Wildman–Crippen MR) is 92.3 cm³/mol. The number of benzene rings is 1. The van der Waals surface area contributed by atoms with Crippen molar-refractivity contribution in [2.75, 3.05) is 18.4 Å². The fraction of sp³-hybridized carbons (Fsp3) is 0.333. The number of aromatic nitrogens is 3. The minimum absolute atomic E-state index is 0.413. The third-order valence-electron chi connectivity index (χ3n) is 4.47. The first-order valence-electron chi connectivity index (χ1n) is 8.19. The second-order valence-electron chi connectivity index (χ2n) is 6.15. The molecule has 5 nitrogen and oxygen atoms in total. The van der Waals surface area contributed by atoms with Crippen LogP contribution in [0.4, 0.5) is 5.95 Å². The minimum Gasteiger partial charge on any atom is -0.361 e. The number of nitrogens with one attached hydrogen (secondary N) is 2. The Hall–Kier alpha value is -2.40. The number of anilines is 1. The van der Waals surface area contributed by atoms with Crippen molar-refractivity contribution < 1.29 is 0 Å². The number of para-hydroxylation sites is 1. The Kier molecular flexibility index (Phi) is 3.94. The van der Waals surface area contributed by atoms with E-state index in [1.807, 2.05) is 6.07 Å². The maximum absolute atomic E-state index is 4.27. The molecule has 0 radical (unpaired) electrons. The van der Waals surface area contributed by atoms with E-state index in [9.17, 15) is 0 Å². The highest BCUT2D eigenvalue weighted by Crippen LogP contribution is 2.21. The second-order valence-corrected chi connectivity index (χ2v) is 6.15. The molecule has 1 aliphatic rings. The van der Waals surface area contributed by atoms with Gasteiger partial charge in [0.25, 0.3) is 0 Å². The first-order chi connectivity index (χ1) is 11.4. The number of hydrogen-bond donors (Lipinski definition) is 2.